The first kappa shape index (κ1) is 12.0. The minimum absolute atomic E-state index is 0.0105. The fraction of sp³-hybridized carbons (Fsp3) is 0.300. The third kappa shape index (κ3) is 2.46. The molecule has 1 aliphatic heterocycles. The van der Waals surface area contributed by atoms with E-state index in [4.69, 9.17) is 22.1 Å². The molecule has 0 bridgehead atoms. The predicted octanol–water partition coefficient (Wildman–Crippen LogP) is 2.74. The van der Waals surface area contributed by atoms with Gasteiger partial charge in [0, 0.05) is 5.02 Å². The summed E-state index contributed by atoms with van der Waals surface area (Å²) in [5, 5.41) is 0.0249. The lowest BCUT2D eigenvalue weighted by Gasteiger charge is -2.15. The van der Waals surface area contributed by atoms with Crippen molar-refractivity contribution < 1.29 is 17.9 Å². The molecule has 0 saturated heterocycles. The smallest absolute Gasteiger partial charge is 0.416 e. The van der Waals surface area contributed by atoms with Crippen LogP contribution in [0.4, 0.5) is 13.2 Å². The number of nitrogens with zero attached hydrogens (tertiary/aromatic N) is 1. The summed E-state index contributed by atoms with van der Waals surface area (Å²) in [6.07, 6.45) is -4.48. The highest BCUT2D eigenvalue weighted by Crippen LogP contribution is 2.38. The fourth-order valence-corrected chi connectivity index (χ4v) is 1.79. The van der Waals surface area contributed by atoms with Crippen LogP contribution >= 0.6 is 11.6 Å². The van der Waals surface area contributed by atoms with Crippen molar-refractivity contribution in [3.63, 3.8) is 0 Å². The molecule has 7 heteroatoms. The summed E-state index contributed by atoms with van der Waals surface area (Å²) in [6.45, 7) is 0.0105. The molecule has 1 aliphatic rings. The van der Waals surface area contributed by atoms with Gasteiger partial charge in [-0.1, -0.05) is 17.7 Å². The van der Waals surface area contributed by atoms with Gasteiger partial charge < -0.3 is 10.5 Å². The van der Waals surface area contributed by atoms with Crippen molar-refractivity contribution in [3.8, 4) is 0 Å². The molecule has 92 valence electrons. The summed E-state index contributed by atoms with van der Waals surface area (Å²) >= 11 is 5.57. The monoisotopic (exact) mass is 264 g/mol. The van der Waals surface area contributed by atoms with E-state index in [9.17, 15) is 13.2 Å². The van der Waals surface area contributed by atoms with Gasteiger partial charge in [-0.3, -0.25) is 0 Å². The maximum atomic E-state index is 12.8. The molecule has 1 aromatic rings. The van der Waals surface area contributed by atoms with Crippen molar-refractivity contribution >= 4 is 17.6 Å². The highest BCUT2D eigenvalue weighted by atomic mass is 35.5. The average molecular weight is 265 g/mol. The standard InChI is InChI=1S/C10H8ClF3N2O/c11-5-1-2-6(7(3-5)10(12,13)14)8-4-17-9(15)16-8/h1-3,8H,4H2,(H2,15,16). The third-order valence-corrected chi connectivity index (χ3v) is 2.59. The van der Waals surface area contributed by atoms with Crippen LogP contribution in [0.25, 0.3) is 0 Å². The maximum absolute atomic E-state index is 12.8. The van der Waals surface area contributed by atoms with Gasteiger partial charge in [0.25, 0.3) is 6.02 Å². The molecule has 0 saturated carbocycles. The highest BCUT2D eigenvalue weighted by molar-refractivity contribution is 6.30. The van der Waals surface area contributed by atoms with Crippen molar-refractivity contribution in [2.24, 2.45) is 10.7 Å². The van der Waals surface area contributed by atoms with Gasteiger partial charge in [0.2, 0.25) is 0 Å². The summed E-state index contributed by atoms with van der Waals surface area (Å²) in [5.41, 5.74) is 4.48. The van der Waals surface area contributed by atoms with Crippen molar-refractivity contribution in [1.82, 2.24) is 0 Å². The molecule has 0 aromatic heterocycles. The topological polar surface area (TPSA) is 47.6 Å². The largest absolute Gasteiger partial charge is 0.463 e. The Kier molecular flexibility index (Phi) is 2.91. The molecule has 3 nitrogen and oxygen atoms in total. The Morgan fingerprint density at radius 2 is 2.12 bits per heavy atom. The SMILES string of the molecule is NC1=NC(c2ccc(Cl)cc2C(F)(F)F)CO1. The number of nitrogens with two attached hydrogens (primary N) is 1. The fourth-order valence-electron chi connectivity index (χ4n) is 1.62. The second-order valence-electron chi connectivity index (χ2n) is 3.52. The third-order valence-electron chi connectivity index (χ3n) is 2.35. The average Bonchev–Trinajstić information content (AvgIpc) is 2.63. The molecular weight excluding hydrogens is 257 g/mol. The summed E-state index contributed by atoms with van der Waals surface area (Å²) in [7, 11) is 0. The van der Waals surface area contributed by atoms with Crippen LogP contribution in [0, 0.1) is 0 Å². The van der Waals surface area contributed by atoms with Gasteiger partial charge in [-0.2, -0.15) is 13.2 Å². The van der Waals surface area contributed by atoms with Crippen molar-refractivity contribution in [1.29, 1.82) is 0 Å². The number of benzene rings is 1. The zero-order chi connectivity index (χ0) is 12.6. The summed E-state index contributed by atoms with van der Waals surface area (Å²) in [6, 6.07) is 2.72. The first-order valence-electron chi connectivity index (χ1n) is 4.70. The van der Waals surface area contributed by atoms with E-state index in [-0.39, 0.29) is 23.2 Å². The van der Waals surface area contributed by atoms with Gasteiger partial charge in [0.05, 0.1) is 5.56 Å². The molecular formula is C10H8ClF3N2O. The van der Waals surface area contributed by atoms with E-state index in [1.807, 2.05) is 0 Å². The normalized spacial score (nSPS) is 20.0. The molecule has 2 N–H and O–H groups in total. The molecule has 0 amide bonds. The van der Waals surface area contributed by atoms with Gasteiger partial charge in [0.1, 0.15) is 12.6 Å². The number of alkyl halides is 3. The first-order valence-corrected chi connectivity index (χ1v) is 5.08. The van der Waals surface area contributed by atoms with Crippen molar-refractivity contribution in [2.45, 2.75) is 12.2 Å². The van der Waals surface area contributed by atoms with E-state index >= 15 is 0 Å². The van der Waals surface area contributed by atoms with Crippen LogP contribution in [-0.4, -0.2) is 12.6 Å². The Balaban J connectivity index is 2.47. The maximum Gasteiger partial charge on any atom is 0.416 e. The molecule has 0 spiro atoms. The number of hydrogen-bond acceptors (Lipinski definition) is 3. The van der Waals surface area contributed by atoms with E-state index in [1.54, 1.807) is 0 Å². The van der Waals surface area contributed by atoms with Crippen LogP contribution in [0.1, 0.15) is 17.2 Å². The minimum Gasteiger partial charge on any atom is -0.463 e. The van der Waals surface area contributed by atoms with Gasteiger partial charge in [-0.15, -0.1) is 0 Å². The van der Waals surface area contributed by atoms with Gasteiger partial charge in [-0.25, -0.2) is 4.99 Å². The van der Waals surface area contributed by atoms with Gasteiger partial charge >= 0.3 is 6.18 Å². The van der Waals surface area contributed by atoms with E-state index in [2.05, 4.69) is 4.99 Å². The molecule has 0 radical (unpaired) electrons. The lowest BCUT2D eigenvalue weighted by molar-refractivity contribution is -0.138. The molecule has 0 aliphatic carbocycles. The molecule has 1 atom stereocenters. The van der Waals surface area contributed by atoms with Crippen LogP contribution in [0.15, 0.2) is 23.2 Å². The molecule has 0 fully saturated rings. The number of ether oxygens (including phenoxy) is 1. The van der Waals surface area contributed by atoms with Crippen molar-refractivity contribution in [3.05, 3.63) is 34.3 Å². The second-order valence-corrected chi connectivity index (χ2v) is 3.96. The lowest BCUT2D eigenvalue weighted by Crippen LogP contribution is -2.12. The van der Waals surface area contributed by atoms with Crippen LogP contribution < -0.4 is 5.73 Å². The van der Waals surface area contributed by atoms with Crippen molar-refractivity contribution in [2.75, 3.05) is 6.61 Å². The summed E-state index contributed by atoms with van der Waals surface area (Å²) < 4.78 is 43.2. The quantitative estimate of drug-likeness (QED) is 0.848. The molecule has 2 rings (SSSR count). The number of rotatable bonds is 1. The lowest BCUT2D eigenvalue weighted by atomic mass is 10.0. The van der Waals surface area contributed by atoms with Crippen LogP contribution in [-0.2, 0) is 10.9 Å². The Labute approximate surface area is 100 Å². The van der Waals surface area contributed by atoms with E-state index in [0.29, 0.717) is 0 Å². The highest BCUT2D eigenvalue weighted by Gasteiger charge is 2.36. The Morgan fingerprint density at radius 3 is 2.65 bits per heavy atom. The number of aliphatic imine (C=N–C) groups is 1. The first-order chi connectivity index (χ1) is 7.88. The van der Waals surface area contributed by atoms with E-state index < -0.39 is 17.8 Å². The van der Waals surface area contributed by atoms with Crippen LogP contribution in [0.3, 0.4) is 0 Å². The Hall–Kier alpha value is -1.43. The molecule has 1 heterocycles. The number of amidine groups is 1. The second kappa shape index (κ2) is 4.10. The Bertz CT molecular complexity index is 473. The van der Waals surface area contributed by atoms with Crippen LogP contribution in [0.5, 0.6) is 0 Å². The molecule has 17 heavy (non-hydrogen) atoms. The zero-order valence-corrected chi connectivity index (χ0v) is 9.22. The minimum atomic E-state index is -4.48. The number of hydrogen-bond donors (Lipinski definition) is 1. The van der Waals surface area contributed by atoms with E-state index in [0.717, 1.165) is 6.07 Å². The van der Waals surface area contributed by atoms with Gasteiger partial charge in [0.15, 0.2) is 0 Å². The summed E-state index contributed by atoms with van der Waals surface area (Å²) in [5.74, 6) is 0. The van der Waals surface area contributed by atoms with E-state index in [1.165, 1.54) is 12.1 Å². The van der Waals surface area contributed by atoms with Crippen LogP contribution in [0.2, 0.25) is 5.02 Å². The summed E-state index contributed by atoms with van der Waals surface area (Å²) in [4.78, 5) is 3.79. The van der Waals surface area contributed by atoms with Gasteiger partial charge in [-0.05, 0) is 17.7 Å². The zero-order valence-electron chi connectivity index (χ0n) is 8.46. The predicted molar refractivity (Wildman–Crippen MR) is 56.8 cm³/mol. The molecule has 1 aromatic carbocycles. The Morgan fingerprint density at radius 1 is 1.41 bits per heavy atom. The number of halogens is 4. The molecule has 1 unspecified atom stereocenters.